The molecule has 0 saturated carbocycles. The highest BCUT2D eigenvalue weighted by Crippen LogP contribution is 2.18. The second kappa shape index (κ2) is 38.4. The van der Waals surface area contributed by atoms with Crippen LogP contribution in [-0.2, 0) is 52.2 Å². The minimum absolute atomic E-state index is 0.0408. The quantitative estimate of drug-likeness (QED) is 0.0293. The van der Waals surface area contributed by atoms with Gasteiger partial charge in [0.1, 0.15) is 13.0 Å². The molecule has 1 aliphatic heterocycles. The van der Waals surface area contributed by atoms with Crippen LogP contribution in [0.3, 0.4) is 0 Å². The van der Waals surface area contributed by atoms with Crippen molar-refractivity contribution in [3.8, 4) is 5.75 Å². The zero-order valence-corrected chi connectivity index (χ0v) is 45.1. The third kappa shape index (κ3) is 33.4. The van der Waals surface area contributed by atoms with Crippen LogP contribution in [0.15, 0.2) is 60.8 Å². The van der Waals surface area contributed by atoms with Gasteiger partial charge in [0.25, 0.3) is 5.91 Å². The van der Waals surface area contributed by atoms with Crippen molar-refractivity contribution < 1.29 is 65.4 Å². The lowest BCUT2D eigenvalue weighted by Crippen LogP contribution is -2.45. The number of carbonyl (C=O) groups is 7. The summed E-state index contributed by atoms with van der Waals surface area (Å²) in [6.07, 6.45) is 8.56. The maximum Gasteiger partial charge on any atom is 0.488 e. The molecule has 419 valence electrons. The third-order valence-corrected chi connectivity index (χ3v) is 11.8. The number of carboxylic acid groups (broad SMARTS) is 3. The van der Waals surface area contributed by atoms with Crippen LogP contribution in [-0.4, -0.2) is 177 Å². The minimum Gasteiger partial charge on any atom is -0.481 e. The number of aliphatic carboxylic acids is 3. The summed E-state index contributed by atoms with van der Waals surface area (Å²) in [5.41, 5.74) is 7.80. The van der Waals surface area contributed by atoms with E-state index < -0.39 is 28.4 Å². The summed E-state index contributed by atoms with van der Waals surface area (Å²) >= 11 is 0. The van der Waals surface area contributed by atoms with Gasteiger partial charge in [-0.25, -0.2) is 0 Å². The lowest BCUT2D eigenvalue weighted by Gasteiger charge is -2.28. The average molecular weight is 1080 g/mol. The molecule has 2 aromatic carbocycles. The van der Waals surface area contributed by atoms with E-state index in [1.54, 1.807) is 51.1 Å². The molecule has 1 saturated heterocycles. The number of carbonyl (C=O) groups excluding carboxylic acids is 4. The van der Waals surface area contributed by atoms with Crippen LogP contribution in [0.25, 0.3) is 0 Å². The van der Waals surface area contributed by atoms with E-state index in [1.165, 1.54) is 12.1 Å². The van der Waals surface area contributed by atoms with Crippen molar-refractivity contribution in [2.24, 2.45) is 5.73 Å². The Morgan fingerprint density at radius 2 is 1.35 bits per heavy atom. The Balaban J connectivity index is 0.00000105. The Kier molecular flexibility index (Phi) is 34.3. The predicted octanol–water partition coefficient (Wildman–Crippen LogP) is 3.86. The topological polar surface area (TPSA) is 299 Å². The Hall–Kier alpha value is -6.11. The Morgan fingerprint density at radius 1 is 0.747 bits per heavy atom. The fourth-order valence-corrected chi connectivity index (χ4v) is 8.08. The molecular weight excluding hydrogens is 994 g/mol. The molecule has 0 aromatic heterocycles. The molecule has 0 bridgehead atoms. The first-order chi connectivity index (χ1) is 35.6. The summed E-state index contributed by atoms with van der Waals surface area (Å²) in [6, 6.07) is 12.9. The largest absolute Gasteiger partial charge is 0.488 e. The number of allylic oxidation sites excluding steroid dienone is 1. The first kappa shape index (κ1) is 66.9. The molecule has 75 heavy (non-hydrogen) atoms. The summed E-state index contributed by atoms with van der Waals surface area (Å²) in [4.78, 5) is 89.8. The van der Waals surface area contributed by atoms with Crippen molar-refractivity contribution in [2.45, 2.75) is 117 Å². The van der Waals surface area contributed by atoms with Crippen molar-refractivity contribution in [2.75, 3.05) is 78.5 Å². The fraction of sp³-hybridized carbons (Fsp3) is 0.588. The first-order valence-electron chi connectivity index (χ1n) is 25.6. The Labute approximate surface area is 443 Å². The minimum atomic E-state index is -4.98. The van der Waals surface area contributed by atoms with Gasteiger partial charge in [-0.1, -0.05) is 75.2 Å². The second-order valence-electron chi connectivity index (χ2n) is 18.0. The number of hydrogen-bond donors (Lipinski definition) is 7. The highest BCUT2D eigenvalue weighted by atomic mass is 32.3. The molecule has 1 aliphatic rings. The van der Waals surface area contributed by atoms with Gasteiger partial charge in [0.05, 0.1) is 26.2 Å². The zero-order chi connectivity index (χ0) is 56.2. The highest BCUT2D eigenvalue weighted by Gasteiger charge is 2.27. The summed E-state index contributed by atoms with van der Waals surface area (Å²) in [6.45, 7) is 16.0. The van der Waals surface area contributed by atoms with Crippen LogP contribution in [0.4, 0.5) is 3.89 Å². The molecule has 24 heteroatoms. The average Bonchev–Trinajstić information content (AvgIpc) is 3.83. The molecule has 4 amide bonds. The van der Waals surface area contributed by atoms with E-state index in [0.29, 0.717) is 101 Å². The highest BCUT2D eigenvalue weighted by molar-refractivity contribution is 7.81. The lowest BCUT2D eigenvalue weighted by atomic mass is 9.71. The predicted molar refractivity (Wildman–Crippen MR) is 285 cm³/mol. The standard InChI is InChI=1S/C37H61BN7O8.C9H10FNO3S.C5H10O2/c1-4-17-42(20-22-44(28-36(51)52)23-21-43(18-5-2)27-35(49)50)26-33(47)39-16-8-6-7-11-32(46)40-24-29-12-14-30(15-13-29)37(53)41-25-34(48)45-19-9-10-31(45)38-3;1-7(11)5-8-3-2-4-9(6-8)14-15(10,12)13;1-2-3-4-5(6)7/h12-15,31H,4-11,16-28H2,1-3H3,(H,39,47)(H,40,46)(H,41,53)(H,49,50)(H,51,52);2-4,6H,1,5,11H2;2-4H2,1H3,(H,6,7). The van der Waals surface area contributed by atoms with Gasteiger partial charge in [-0.15, -0.1) is 0 Å². The number of halogens is 1. The van der Waals surface area contributed by atoms with E-state index >= 15 is 0 Å². The van der Waals surface area contributed by atoms with Crippen LogP contribution in [0, 0.1) is 0 Å². The van der Waals surface area contributed by atoms with Crippen molar-refractivity contribution in [1.82, 2.24) is 35.6 Å². The van der Waals surface area contributed by atoms with Crippen molar-refractivity contribution in [1.29, 1.82) is 0 Å². The molecule has 21 nitrogen and oxygen atoms in total. The van der Waals surface area contributed by atoms with Gasteiger partial charge in [-0.2, -0.15) is 8.42 Å². The smallest absolute Gasteiger partial charge is 0.481 e. The molecule has 3 rings (SSSR count). The number of nitrogens with two attached hydrogens (primary N) is 1. The van der Waals surface area contributed by atoms with Gasteiger partial charge < -0.3 is 46.1 Å². The monoisotopic (exact) mass is 1080 g/mol. The zero-order valence-electron chi connectivity index (χ0n) is 44.2. The normalized spacial score (nSPS) is 13.0. The molecular formula is C51H81BFN8O13S. The molecule has 1 unspecified atom stereocenters. The molecule has 2 aromatic rings. The van der Waals surface area contributed by atoms with Crippen molar-refractivity contribution in [3.05, 3.63) is 77.5 Å². The number of rotatable bonds is 35. The van der Waals surface area contributed by atoms with Crippen LogP contribution in [0.2, 0.25) is 6.82 Å². The number of carboxylic acids is 3. The SMILES string of the molecule is C=C(N)Cc1cccc(OS(=O)(=O)F)c1.CCCCC(=O)O.C[B]C1CCCN1C(=O)CNC(=O)c1ccc(CNC(=O)CCCCCNC(=O)CN(CCC)CCN(CCN(CCC)CC(=O)O)CC(=O)O)cc1. The van der Waals surface area contributed by atoms with E-state index in [1.807, 2.05) is 39.8 Å². The Morgan fingerprint density at radius 3 is 1.87 bits per heavy atom. The number of hydrogen-bond acceptors (Lipinski definition) is 14. The number of amides is 4. The lowest BCUT2D eigenvalue weighted by molar-refractivity contribution is -0.140. The number of benzene rings is 2. The van der Waals surface area contributed by atoms with Crippen LogP contribution in [0.5, 0.6) is 5.75 Å². The van der Waals surface area contributed by atoms with E-state index in [-0.39, 0.29) is 61.5 Å². The molecule has 1 fully saturated rings. The molecule has 1 heterocycles. The number of nitrogens with zero attached hydrogens (tertiary/aromatic N) is 4. The van der Waals surface area contributed by atoms with Crippen LogP contribution in [0.1, 0.15) is 113 Å². The van der Waals surface area contributed by atoms with Gasteiger partial charge in [-0.05, 0) is 93.4 Å². The third-order valence-electron chi connectivity index (χ3n) is 11.4. The fourth-order valence-electron chi connectivity index (χ4n) is 7.75. The second-order valence-corrected chi connectivity index (χ2v) is 19.0. The number of unbranched alkanes of at least 4 members (excludes halogenated alkanes) is 3. The van der Waals surface area contributed by atoms with E-state index in [0.717, 1.165) is 56.9 Å². The summed E-state index contributed by atoms with van der Waals surface area (Å²) in [7, 11) is -2.96. The van der Waals surface area contributed by atoms with Gasteiger partial charge in [-0.3, -0.25) is 48.3 Å². The van der Waals surface area contributed by atoms with Gasteiger partial charge in [0.2, 0.25) is 17.7 Å². The van der Waals surface area contributed by atoms with Gasteiger partial charge in [0, 0.05) is 82.3 Å². The maximum absolute atomic E-state index is 12.7. The van der Waals surface area contributed by atoms with Gasteiger partial charge in [0.15, 0.2) is 0 Å². The number of nitrogens with one attached hydrogen (secondary N) is 3. The molecule has 1 atom stereocenters. The molecule has 0 spiro atoms. The van der Waals surface area contributed by atoms with E-state index in [4.69, 9.17) is 15.9 Å². The van der Waals surface area contributed by atoms with Gasteiger partial charge >= 0.3 is 28.4 Å². The Bertz CT molecular complexity index is 2190. The van der Waals surface area contributed by atoms with E-state index in [9.17, 15) is 51.0 Å². The van der Waals surface area contributed by atoms with E-state index in [2.05, 4.69) is 26.7 Å². The van der Waals surface area contributed by atoms with Crippen LogP contribution >= 0.6 is 0 Å². The molecule has 1 radical (unpaired) electrons. The summed E-state index contributed by atoms with van der Waals surface area (Å²) in [5.74, 6) is -3.11. The van der Waals surface area contributed by atoms with Crippen LogP contribution < -0.4 is 25.9 Å². The van der Waals surface area contributed by atoms with Crippen molar-refractivity contribution >= 4 is 59.3 Å². The van der Waals surface area contributed by atoms with Crippen molar-refractivity contribution in [3.63, 3.8) is 0 Å². The maximum atomic E-state index is 12.7. The first-order valence-corrected chi connectivity index (χ1v) is 26.9. The summed E-state index contributed by atoms with van der Waals surface area (Å²) < 4.78 is 36.6. The molecule has 8 N–H and O–H groups in total. The summed E-state index contributed by atoms with van der Waals surface area (Å²) in [5, 5.41) is 35.1. The number of likely N-dealkylation sites (tertiary alicyclic amines) is 1. The molecule has 0 aliphatic carbocycles.